The van der Waals surface area contributed by atoms with Crippen molar-refractivity contribution in [2.45, 2.75) is 20.4 Å². The van der Waals surface area contributed by atoms with Crippen molar-refractivity contribution in [1.82, 2.24) is 20.0 Å². The van der Waals surface area contributed by atoms with Gasteiger partial charge in [0.2, 0.25) is 5.89 Å². The van der Waals surface area contributed by atoms with Crippen molar-refractivity contribution in [3.8, 4) is 0 Å². The number of rotatable bonds is 2. The highest BCUT2D eigenvalue weighted by Crippen LogP contribution is 2.09. The van der Waals surface area contributed by atoms with Crippen LogP contribution < -0.4 is 5.56 Å². The molecule has 0 unspecified atom stereocenters. The largest absolute Gasteiger partial charge is 0.444 e. The third-order valence-electron chi connectivity index (χ3n) is 2.99. The summed E-state index contributed by atoms with van der Waals surface area (Å²) in [5, 5.41) is 8.45. The van der Waals surface area contributed by atoms with Crippen LogP contribution in [0, 0.1) is 13.8 Å². The van der Waals surface area contributed by atoms with E-state index in [1.54, 1.807) is 18.2 Å². The highest BCUT2D eigenvalue weighted by molar-refractivity contribution is 5.76. The van der Waals surface area contributed by atoms with Gasteiger partial charge in [-0.3, -0.25) is 4.79 Å². The predicted octanol–water partition coefficient (Wildman–Crippen LogP) is 1.44. The molecule has 6 nitrogen and oxygen atoms in total. The zero-order valence-corrected chi connectivity index (χ0v) is 10.6. The summed E-state index contributed by atoms with van der Waals surface area (Å²) < 4.78 is 6.70. The minimum absolute atomic E-state index is 0.186. The molecule has 19 heavy (non-hydrogen) atoms. The first-order chi connectivity index (χ1) is 9.15. The van der Waals surface area contributed by atoms with Crippen LogP contribution >= 0.6 is 0 Å². The lowest BCUT2D eigenvalue weighted by Gasteiger charge is -2.01. The minimum atomic E-state index is -0.195. The number of hydrogen-bond donors (Lipinski definition) is 0. The van der Waals surface area contributed by atoms with Gasteiger partial charge in [0.1, 0.15) is 17.8 Å². The maximum absolute atomic E-state index is 12.2. The van der Waals surface area contributed by atoms with Gasteiger partial charge in [0.05, 0.1) is 11.1 Å². The van der Waals surface area contributed by atoms with E-state index in [1.807, 2.05) is 19.9 Å². The average molecular weight is 256 g/mol. The van der Waals surface area contributed by atoms with Crippen LogP contribution in [0.4, 0.5) is 0 Å². The Morgan fingerprint density at radius 3 is 2.79 bits per heavy atom. The SMILES string of the molecule is Cc1nc(Cn2nnc3ccccc3c2=O)oc1C. The molecule has 0 aliphatic rings. The first kappa shape index (κ1) is 11.6. The standard InChI is InChI=1S/C13H12N4O2/c1-8-9(2)19-12(14-8)7-17-13(18)10-5-3-4-6-11(10)15-16-17/h3-6H,7H2,1-2H3. The summed E-state index contributed by atoms with van der Waals surface area (Å²) in [4.78, 5) is 16.4. The molecule has 1 aromatic carbocycles. The van der Waals surface area contributed by atoms with E-state index in [4.69, 9.17) is 4.42 Å². The van der Waals surface area contributed by atoms with E-state index in [0.717, 1.165) is 11.5 Å². The highest BCUT2D eigenvalue weighted by atomic mass is 16.4. The van der Waals surface area contributed by atoms with E-state index >= 15 is 0 Å². The number of hydrogen-bond acceptors (Lipinski definition) is 5. The average Bonchev–Trinajstić information content (AvgIpc) is 2.72. The molecular weight excluding hydrogens is 244 g/mol. The van der Waals surface area contributed by atoms with E-state index in [9.17, 15) is 4.79 Å². The molecule has 0 saturated heterocycles. The molecule has 0 amide bonds. The normalized spacial score (nSPS) is 11.1. The summed E-state index contributed by atoms with van der Waals surface area (Å²) in [5.74, 6) is 1.21. The number of benzene rings is 1. The Labute approximate surface area is 108 Å². The van der Waals surface area contributed by atoms with Gasteiger partial charge in [-0.05, 0) is 26.0 Å². The molecule has 0 radical (unpaired) electrons. The van der Waals surface area contributed by atoms with Crippen molar-refractivity contribution in [3.63, 3.8) is 0 Å². The second-order valence-electron chi connectivity index (χ2n) is 4.32. The van der Waals surface area contributed by atoms with Crippen molar-refractivity contribution < 1.29 is 4.42 Å². The first-order valence-corrected chi connectivity index (χ1v) is 5.90. The van der Waals surface area contributed by atoms with Gasteiger partial charge in [-0.15, -0.1) is 5.10 Å². The second kappa shape index (κ2) is 4.31. The van der Waals surface area contributed by atoms with Gasteiger partial charge in [0.25, 0.3) is 5.56 Å². The van der Waals surface area contributed by atoms with Crippen molar-refractivity contribution >= 4 is 10.9 Å². The first-order valence-electron chi connectivity index (χ1n) is 5.90. The number of fused-ring (bicyclic) bond motifs is 1. The molecule has 0 N–H and O–H groups in total. The lowest BCUT2D eigenvalue weighted by molar-refractivity contribution is 0.434. The summed E-state index contributed by atoms with van der Waals surface area (Å²) in [6.45, 7) is 3.88. The van der Waals surface area contributed by atoms with E-state index in [1.165, 1.54) is 4.68 Å². The van der Waals surface area contributed by atoms with Crippen LogP contribution in [0.25, 0.3) is 10.9 Å². The molecule has 0 saturated carbocycles. The monoisotopic (exact) mass is 256 g/mol. The predicted molar refractivity (Wildman–Crippen MR) is 68.9 cm³/mol. The van der Waals surface area contributed by atoms with Gasteiger partial charge in [0, 0.05) is 0 Å². The highest BCUT2D eigenvalue weighted by Gasteiger charge is 2.10. The number of aromatic nitrogens is 4. The van der Waals surface area contributed by atoms with Gasteiger partial charge in [-0.1, -0.05) is 17.3 Å². The fourth-order valence-electron chi connectivity index (χ4n) is 1.86. The van der Waals surface area contributed by atoms with Crippen molar-refractivity contribution in [2.75, 3.05) is 0 Å². The van der Waals surface area contributed by atoms with E-state index < -0.39 is 0 Å². The molecule has 0 spiro atoms. The Kier molecular flexibility index (Phi) is 2.63. The molecule has 96 valence electrons. The quantitative estimate of drug-likeness (QED) is 0.693. The molecule has 6 heteroatoms. The number of aryl methyl sites for hydroxylation is 2. The maximum Gasteiger partial charge on any atom is 0.278 e. The van der Waals surface area contributed by atoms with Crippen LogP contribution in [-0.2, 0) is 6.54 Å². The smallest absolute Gasteiger partial charge is 0.278 e. The maximum atomic E-state index is 12.2. The lowest BCUT2D eigenvalue weighted by Crippen LogP contribution is -2.24. The summed E-state index contributed by atoms with van der Waals surface area (Å²) in [6, 6.07) is 7.11. The summed E-state index contributed by atoms with van der Waals surface area (Å²) in [5.41, 5.74) is 1.21. The third kappa shape index (κ3) is 2.01. The Morgan fingerprint density at radius 2 is 2.05 bits per heavy atom. The molecule has 3 aromatic rings. The Hall–Kier alpha value is -2.50. The van der Waals surface area contributed by atoms with Crippen LogP contribution in [0.3, 0.4) is 0 Å². The molecule has 2 aromatic heterocycles. The summed E-state index contributed by atoms with van der Waals surface area (Å²) in [6.07, 6.45) is 0. The molecule has 0 aliphatic carbocycles. The lowest BCUT2D eigenvalue weighted by atomic mass is 10.2. The van der Waals surface area contributed by atoms with Gasteiger partial charge in [0.15, 0.2) is 0 Å². The fraction of sp³-hybridized carbons (Fsp3) is 0.231. The number of oxazole rings is 1. The Balaban J connectivity index is 2.06. The molecule has 2 heterocycles. The fourth-order valence-corrected chi connectivity index (χ4v) is 1.86. The Morgan fingerprint density at radius 1 is 1.26 bits per heavy atom. The number of nitrogens with zero attached hydrogens (tertiary/aromatic N) is 4. The molecular formula is C13H12N4O2. The molecule has 0 atom stereocenters. The van der Waals surface area contributed by atoms with Gasteiger partial charge in [-0.25, -0.2) is 9.67 Å². The van der Waals surface area contributed by atoms with Crippen LogP contribution in [0.5, 0.6) is 0 Å². The topological polar surface area (TPSA) is 73.8 Å². The van der Waals surface area contributed by atoms with Crippen molar-refractivity contribution in [3.05, 3.63) is 52.0 Å². The third-order valence-corrected chi connectivity index (χ3v) is 2.99. The Bertz CT molecular complexity index is 784. The zero-order valence-electron chi connectivity index (χ0n) is 10.6. The molecule has 0 fully saturated rings. The molecule has 0 aliphatic heterocycles. The summed E-state index contributed by atoms with van der Waals surface area (Å²) >= 11 is 0. The van der Waals surface area contributed by atoms with Crippen LogP contribution in [0.15, 0.2) is 33.5 Å². The van der Waals surface area contributed by atoms with Crippen LogP contribution in [0.1, 0.15) is 17.3 Å². The van der Waals surface area contributed by atoms with Gasteiger partial charge >= 0.3 is 0 Å². The van der Waals surface area contributed by atoms with Crippen LogP contribution in [0.2, 0.25) is 0 Å². The van der Waals surface area contributed by atoms with Crippen molar-refractivity contribution in [1.29, 1.82) is 0 Å². The zero-order chi connectivity index (χ0) is 13.4. The summed E-state index contributed by atoms with van der Waals surface area (Å²) in [7, 11) is 0. The minimum Gasteiger partial charge on any atom is -0.444 e. The van der Waals surface area contributed by atoms with Gasteiger partial charge < -0.3 is 4.42 Å². The van der Waals surface area contributed by atoms with Crippen molar-refractivity contribution in [2.24, 2.45) is 0 Å². The second-order valence-corrected chi connectivity index (χ2v) is 4.32. The molecule has 0 bridgehead atoms. The van der Waals surface area contributed by atoms with E-state index in [2.05, 4.69) is 15.3 Å². The van der Waals surface area contributed by atoms with Crippen LogP contribution in [-0.4, -0.2) is 20.0 Å². The van der Waals surface area contributed by atoms with E-state index in [0.29, 0.717) is 16.8 Å². The van der Waals surface area contributed by atoms with E-state index in [-0.39, 0.29) is 12.1 Å². The van der Waals surface area contributed by atoms with Gasteiger partial charge in [-0.2, -0.15) is 0 Å². The molecule has 3 rings (SSSR count).